The van der Waals surface area contributed by atoms with Crippen LogP contribution in [0.4, 0.5) is 11.5 Å². The number of hydrogen-bond donors (Lipinski definition) is 2. The van der Waals surface area contributed by atoms with Crippen molar-refractivity contribution >= 4 is 28.3 Å². The van der Waals surface area contributed by atoms with Gasteiger partial charge in [-0.3, -0.25) is 4.79 Å². The molecule has 1 heterocycles. The molecule has 0 aliphatic rings. The lowest BCUT2D eigenvalue weighted by Crippen LogP contribution is -2.26. The SMILES string of the molecule is Cc1ccc(CCNC(=O)c2cc(Nc3ccc(C(C)C)cc3)nc3ccccc23)cc1. The van der Waals surface area contributed by atoms with Gasteiger partial charge in [0.05, 0.1) is 11.1 Å². The largest absolute Gasteiger partial charge is 0.352 e. The molecule has 4 nitrogen and oxygen atoms in total. The van der Waals surface area contributed by atoms with Crippen molar-refractivity contribution in [1.29, 1.82) is 0 Å². The molecule has 1 aromatic heterocycles. The number of aryl methyl sites for hydroxylation is 1. The van der Waals surface area contributed by atoms with E-state index in [4.69, 9.17) is 4.98 Å². The molecule has 0 bridgehead atoms. The Hall–Kier alpha value is -3.66. The molecular weight excluding hydrogens is 394 g/mol. The van der Waals surface area contributed by atoms with Crippen molar-refractivity contribution in [3.05, 3.63) is 101 Å². The van der Waals surface area contributed by atoms with Crippen LogP contribution in [0.15, 0.2) is 78.9 Å². The number of amides is 1. The van der Waals surface area contributed by atoms with Crippen molar-refractivity contribution in [3.8, 4) is 0 Å². The van der Waals surface area contributed by atoms with Crippen molar-refractivity contribution < 1.29 is 4.79 Å². The molecule has 1 amide bonds. The van der Waals surface area contributed by atoms with E-state index in [2.05, 4.69) is 67.8 Å². The summed E-state index contributed by atoms with van der Waals surface area (Å²) in [5.74, 6) is 1.05. The van der Waals surface area contributed by atoms with Gasteiger partial charge >= 0.3 is 0 Å². The maximum absolute atomic E-state index is 13.1. The van der Waals surface area contributed by atoms with Crippen LogP contribution in [-0.2, 0) is 6.42 Å². The van der Waals surface area contributed by atoms with E-state index in [9.17, 15) is 4.79 Å². The maximum Gasteiger partial charge on any atom is 0.252 e. The van der Waals surface area contributed by atoms with Crippen LogP contribution in [0.1, 0.15) is 46.8 Å². The van der Waals surface area contributed by atoms with Gasteiger partial charge in [0.1, 0.15) is 5.82 Å². The van der Waals surface area contributed by atoms with Crippen molar-refractivity contribution in [2.75, 3.05) is 11.9 Å². The first-order valence-corrected chi connectivity index (χ1v) is 11.1. The zero-order valence-electron chi connectivity index (χ0n) is 18.9. The van der Waals surface area contributed by atoms with E-state index in [0.717, 1.165) is 23.0 Å². The number of pyridine rings is 1. The summed E-state index contributed by atoms with van der Waals surface area (Å²) >= 11 is 0. The third-order valence-electron chi connectivity index (χ3n) is 5.63. The van der Waals surface area contributed by atoms with Crippen LogP contribution in [0, 0.1) is 6.92 Å². The Kier molecular flexibility index (Phi) is 6.50. The summed E-state index contributed by atoms with van der Waals surface area (Å²) in [6.07, 6.45) is 0.794. The van der Waals surface area contributed by atoms with Crippen LogP contribution in [0.25, 0.3) is 10.9 Å². The van der Waals surface area contributed by atoms with E-state index in [-0.39, 0.29) is 5.91 Å². The number of anilines is 2. The number of benzene rings is 3. The van der Waals surface area contributed by atoms with Gasteiger partial charge in [-0.15, -0.1) is 0 Å². The Morgan fingerprint density at radius 1 is 0.938 bits per heavy atom. The van der Waals surface area contributed by atoms with E-state index >= 15 is 0 Å². The summed E-state index contributed by atoms with van der Waals surface area (Å²) < 4.78 is 0. The molecule has 0 aliphatic carbocycles. The number of nitrogens with one attached hydrogen (secondary N) is 2. The lowest BCUT2D eigenvalue weighted by Gasteiger charge is -2.13. The van der Waals surface area contributed by atoms with Crippen molar-refractivity contribution in [3.63, 3.8) is 0 Å². The predicted molar refractivity (Wildman–Crippen MR) is 133 cm³/mol. The van der Waals surface area contributed by atoms with Gasteiger partial charge in [-0.1, -0.05) is 74.0 Å². The van der Waals surface area contributed by atoms with Gasteiger partial charge in [0.25, 0.3) is 5.91 Å². The highest BCUT2D eigenvalue weighted by atomic mass is 16.1. The minimum Gasteiger partial charge on any atom is -0.352 e. The fourth-order valence-corrected chi connectivity index (χ4v) is 3.70. The van der Waals surface area contributed by atoms with E-state index in [1.807, 2.05) is 42.5 Å². The Morgan fingerprint density at radius 2 is 1.66 bits per heavy atom. The highest BCUT2D eigenvalue weighted by Gasteiger charge is 2.13. The molecule has 4 rings (SSSR count). The van der Waals surface area contributed by atoms with Gasteiger partial charge in [-0.2, -0.15) is 0 Å². The lowest BCUT2D eigenvalue weighted by atomic mass is 10.0. The predicted octanol–water partition coefficient (Wildman–Crippen LogP) is 6.38. The molecular formula is C28H29N3O. The van der Waals surface area contributed by atoms with Gasteiger partial charge in [0.2, 0.25) is 0 Å². The van der Waals surface area contributed by atoms with Crippen LogP contribution in [0.2, 0.25) is 0 Å². The van der Waals surface area contributed by atoms with Crippen LogP contribution in [0.5, 0.6) is 0 Å². The van der Waals surface area contributed by atoms with Crippen LogP contribution < -0.4 is 10.6 Å². The van der Waals surface area contributed by atoms with Gasteiger partial charge in [-0.05, 0) is 54.7 Å². The second kappa shape index (κ2) is 9.65. The zero-order chi connectivity index (χ0) is 22.5. The van der Waals surface area contributed by atoms with Crippen LogP contribution >= 0.6 is 0 Å². The van der Waals surface area contributed by atoms with E-state index < -0.39 is 0 Å². The van der Waals surface area contributed by atoms with Gasteiger partial charge in [-0.25, -0.2) is 4.98 Å². The number of fused-ring (bicyclic) bond motifs is 1. The standard InChI is InChI=1S/C28H29N3O/c1-19(2)22-12-14-23(15-13-22)30-27-18-25(24-6-4-5-7-26(24)31-27)28(32)29-17-16-21-10-8-20(3)9-11-21/h4-15,18-19H,16-17H2,1-3H3,(H,29,32)(H,30,31). The first kappa shape index (κ1) is 21.6. The average molecular weight is 424 g/mol. The molecule has 0 saturated heterocycles. The smallest absolute Gasteiger partial charge is 0.252 e. The minimum atomic E-state index is -0.0890. The highest BCUT2D eigenvalue weighted by molar-refractivity contribution is 6.07. The molecule has 4 heteroatoms. The number of carbonyl (C=O) groups is 1. The molecule has 0 spiro atoms. The molecule has 4 aromatic rings. The number of carbonyl (C=O) groups excluding carboxylic acids is 1. The number of para-hydroxylation sites is 1. The Bertz CT molecular complexity index is 1210. The molecule has 0 radical (unpaired) electrons. The van der Waals surface area contributed by atoms with E-state index in [1.54, 1.807) is 0 Å². The summed E-state index contributed by atoms with van der Waals surface area (Å²) in [5, 5.41) is 7.27. The minimum absolute atomic E-state index is 0.0890. The van der Waals surface area contributed by atoms with Gasteiger partial charge in [0, 0.05) is 17.6 Å². The summed E-state index contributed by atoms with van der Waals surface area (Å²) in [6.45, 7) is 7.01. The third-order valence-corrected chi connectivity index (χ3v) is 5.63. The number of rotatable bonds is 7. The molecule has 0 fully saturated rings. The number of nitrogens with zero attached hydrogens (tertiary/aromatic N) is 1. The molecule has 2 N–H and O–H groups in total. The zero-order valence-corrected chi connectivity index (χ0v) is 18.9. The monoisotopic (exact) mass is 423 g/mol. The summed E-state index contributed by atoms with van der Waals surface area (Å²) in [4.78, 5) is 17.8. The fourth-order valence-electron chi connectivity index (χ4n) is 3.70. The van der Waals surface area contributed by atoms with Gasteiger partial charge in [0.15, 0.2) is 0 Å². The summed E-state index contributed by atoms with van der Waals surface area (Å²) in [7, 11) is 0. The molecule has 32 heavy (non-hydrogen) atoms. The van der Waals surface area contributed by atoms with Crippen LogP contribution in [0.3, 0.4) is 0 Å². The molecule has 0 aliphatic heterocycles. The molecule has 162 valence electrons. The third kappa shape index (κ3) is 5.14. The quantitative estimate of drug-likeness (QED) is 0.362. The Labute approximate surface area is 189 Å². The lowest BCUT2D eigenvalue weighted by molar-refractivity contribution is 0.0955. The maximum atomic E-state index is 13.1. The van der Waals surface area contributed by atoms with Crippen molar-refractivity contribution in [2.24, 2.45) is 0 Å². The Balaban J connectivity index is 1.53. The highest BCUT2D eigenvalue weighted by Crippen LogP contribution is 2.24. The average Bonchev–Trinajstić information content (AvgIpc) is 2.80. The van der Waals surface area contributed by atoms with Gasteiger partial charge < -0.3 is 10.6 Å². The topological polar surface area (TPSA) is 54.0 Å². The first-order valence-electron chi connectivity index (χ1n) is 11.1. The number of hydrogen-bond acceptors (Lipinski definition) is 3. The molecule has 0 unspecified atom stereocenters. The number of aromatic nitrogens is 1. The fraction of sp³-hybridized carbons (Fsp3) is 0.214. The first-order chi connectivity index (χ1) is 15.5. The molecule has 0 atom stereocenters. The summed E-state index contributed by atoms with van der Waals surface area (Å²) in [5.41, 5.74) is 6.10. The Morgan fingerprint density at radius 3 is 2.38 bits per heavy atom. The summed E-state index contributed by atoms with van der Waals surface area (Å²) in [6, 6.07) is 26.3. The van der Waals surface area contributed by atoms with Crippen molar-refractivity contribution in [2.45, 2.75) is 33.1 Å². The van der Waals surface area contributed by atoms with E-state index in [0.29, 0.717) is 23.8 Å². The normalized spacial score (nSPS) is 11.0. The second-order valence-corrected chi connectivity index (χ2v) is 8.47. The second-order valence-electron chi connectivity index (χ2n) is 8.47. The van der Waals surface area contributed by atoms with Crippen LogP contribution in [-0.4, -0.2) is 17.4 Å². The molecule has 0 saturated carbocycles. The van der Waals surface area contributed by atoms with E-state index in [1.165, 1.54) is 16.7 Å². The molecule has 3 aromatic carbocycles. The van der Waals surface area contributed by atoms with Crippen molar-refractivity contribution in [1.82, 2.24) is 10.3 Å².